The topological polar surface area (TPSA) is 172 Å². The zero-order chi connectivity index (χ0) is 42.6. The minimum absolute atomic E-state index is 0.0562. The Balaban J connectivity index is 1.32. The zero-order valence-corrected chi connectivity index (χ0v) is 35.3. The quantitative estimate of drug-likeness (QED) is 0.0554. The fraction of sp³-hybridized carbons (Fsp3) is 0.400. The first kappa shape index (κ1) is 40.9. The van der Waals surface area contributed by atoms with Gasteiger partial charge in [-0.2, -0.15) is 0 Å². The van der Waals surface area contributed by atoms with Crippen LogP contribution in [0.4, 0.5) is 0 Å². The molecule has 2 aliphatic rings. The van der Waals surface area contributed by atoms with Gasteiger partial charge in [0.05, 0.1) is 24.6 Å². The lowest BCUT2D eigenvalue weighted by molar-refractivity contribution is 0.398. The summed E-state index contributed by atoms with van der Waals surface area (Å²) >= 11 is 0. The van der Waals surface area contributed by atoms with E-state index in [2.05, 4.69) is 0 Å². The van der Waals surface area contributed by atoms with Gasteiger partial charge in [0.25, 0.3) is 0 Å². The maximum atomic E-state index is 12.6. The highest BCUT2D eigenvalue weighted by Crippen LogP contribution is 2.54. The SMILES string of the molecule is Cc1cc2c(C(C)C)c(O)c(O)c(C=N[C@H]3CCC[C@@H]3Cc3ccco3)c2c(O)c1-c1c(C)cc2c(C(C)C)c(O)c(O)c(C=N[C@H]3CCC[C@H]3Cc3ccco3)c2c1O. The number of aromatic hydroxyl groups is 6. The van der Waals surface area contributed by atoms with Crippen molar-refractivity contribution in [2.24, 2.45) is 21.8 Å². The summed E-state index contributed by atoms with van der Waals surface area (Å²) in [5, 5.41) is 73.4. The highest BCUT2D eigenvalue weighted by atomic mass is 16.3. The average Bonchev–Trinajstić information content (AvgIpc) is 4.05. The molecule has 2 heterocycles. The number of fused-ring (bicyclic) bond motifs is 2. The van der Waals surface area contributed by atoms with Crippen molar-refractivity contribution >= 4 is 34.0 Å². The summed E-state index contributed by atoms with van der Waals surface area (Å²) in [4.78, 5) is 9.98. The molecule has 8 rings (SSSR count). The number of hydrogen-bond acceptors (Lipinski definition) is 10. The third-order valence-electron chi connectivity index (χ3n) is 13.1. The summed E-state index contributed by atoms with van der Waals surface area (Å²) in [6.07, 6.45) is 13.6. The largest absolute Gasteiger partial charge is 0.507 e. The highest BCUT2D eigenvalue weighted by Gasteiger charge is 2.32. The average molecular weight is 813 g/mol. The Kier molecular flexibility index (Phi) is 11.1. The number of rotatable bonds is 11. The summed E-state index contributed by atoms with van der Waals surface area (Å²) in [5.41, 5.74) is 3.25. The number of hydrogen-bond donors (Lipinski definition) is 6. The van der Waals surface area contributed by atoms with Crippen LogP contribution in [0.1, 0.15) is 123 Å². The molecule has 2 aromatic heterocycles. The highest BCUT2D eigenvalue weighted by molar-refractivity contribution is 6.15. The monoisotopic (exact) mass is 812 g/mol. The molecule has 0 spiro atoms. The lowest BCUT2D eigenvalue weighted by Crippen LogP contribution is -2.14. The standard InChI is InChI=1S/C50H56N2O8/c1-25(2)39-33-19-27(5)41(47(55)43(33)35(45(53)49(39)57)23-51-37-15-7-11-29(37)21-31-13-9-17-59-31)42-28(6)20-34-40(26(3)4)50(58)46(54)36(44(34)48(42)56)24-52-38-16-8-12-30(38)22-32-14-10-18-60-32/h9-10,13-14,17-20,23-26,29-30,37-38,53-58H,7-8,11-12,15-16,21-22H2,1-6H3/t29-,30+,37-,38-/m0/s1. The van der Waals surface area contributed by atoms with Gasteiger partial charge in [-0.1, -0.05) is 52.7 Å². The Hall–Kier alpha value is -5.90. The summed E-state index contributed by atoms with van der Waals surface area (Å²) in [5.74, 6) is 0.156. The molecule has 10 heteroatoms. The van der Waals surface area contributed by atoms with E-state index < -0.39 is 0 Å². The second-order valence-electron chi connectivity index (χ2n) is 17.7. The Labute approximate surface area is 350 Å². The van der Waals surface area contributed by atoms with Crippen molar-refractivity contribution in [1.29, 1.82) is 0 Å². The Morgan fingerprint density at radius 2 is 0.983 bits per heavy atom. The molecular formula is C50H56N2O8. The molecule has 60 heavy (non-hydrogen) atoms. The van der Waals surface area contributed by atoms with E-state index in [1.165, 1.54) is 0 Å². The molecule has 0 amide bonds. The van der Waals surface area contributed by atoms with Crippen LogP contribution >= 0.6 is 0 Å². The smallest absolute Gasteiger partial charge is 0.167 e. The molecule has 0 bridgehead atoms. The number of nitrogens with zero attached hydrogens (tertiary/aromatic N) is 2. The van der Waals surface area contributed by atoms with E-state index in [1.54, 1.807) is 25.0 Å². The molecule has 2 fully saturated rings. The van der Waals surface area contributed by atoms with E-state index in [4.69, 9.17) is 18.8 Å². The molecule has 0 radical (unpaired) electrons. The van der Waals surface area contributed by atoms with Crippen molar-refractivity contribution in [2.45, 2.75) is 117 Å². The first-order chi connectivity index (χ1) is 28.8. The fourth-order valence-corrected chi connectivity index (χ4v) is 10.2. The summed E-state index contributed by atoms with van der Waals surface area (Å²) in [6.45, 7) is 11.4. The van der Waals surface area contributed by atoms with Gasteiger partial charge in [-0.05, 0) is 109 Å². The molecule has 0 aliphatic heterocycles. The van der Waals surface area contributed by atoms with Gasteiger partial charge in [0, 0.05) is 69.4 Å². The predicted molar refractivity (Wildman–Crippen MR) is 237 cm³/mol. The van der Waals surface area contributed by atoms with Crippen LogP contribution in [0.3, 0.4) is 0 Å². The minimum Gasteiger partial charge on any atom is -0.507 e. The van der Waals surface area contributed by atoms with E-state index in [0.717, 1.165) is 62.9 Å². The van der Waals surface area contributed by atoms with Gasteiger partial charge in [0.2, 0.25) is 0 Å². The van der Waals surface area contributed by atoms with Crippen molar-refractivity contribution in [3.8, 4) is 45.6 Å². The summed E-state index contributed by atoms with van der Waals surface area (Å²) in [7, 11) is 0. The first-order valence-electron chi connectivity index (χ1n) is 21.4. The van der Waals surface area contributed by atoms with Crippen molar-refractivity contribution in [3.05, 3.63) is 93.8 Å². The number of benzene rings is 4. The second kappa shape index (κ2) is 16.3. The van der Waals surface area contributed by atoms with E-state index in [9.17, 15) is 30.6 Å². The lowest BCUT2D eigenvalue weighted by atomic mass is 9.83. The minimum atomic E-state index is -0.377. The van der Waals surface area contributed by atoms with Crippen LogP contribution in [-0.4, -0.2) is 55.2 Å². The molecule has 6 N–H and O–H groups in total. The predicted octanol–water partition coefficient (Wildman–Crippen LogP) is 11.6. The Bertz CT molecular complexity index is 2440. The molecule has 4 aromatic carbocycles. The maximum absolute atomic E-state index is 12.6. The van der Waals surface area contributed by atoms with Crippen LogP contribution in [0.25, 0.3) is 32.7 Å². The lowest BCUT2D eigenvalue weighted by Gasteiger charge is -2.24. The third-order valence-corrected chi connectivity index (χ3v) is 13.1. The van der Waals surface area contributed by atoms with Gasteiger partial charge in [0.15, 0.2) is 23.0 Å². The van der Waals surface area contributed by atoms with Gasteiger partial charge < -0.3 is 39.5 Å². The van der Waals surface area contributed by atoms with Crippen LogP contribution in [-0.2, 0) is 12.8 Å². The molecule has 2 aliphatic carbocycles. The van der Waals surface area contributed by atoms with Crippen LogP contribution in [0, 0.1) is 25.7 Å². The van der Waals surface area contributed by atoms with Gasteiger partial charge >= 0.3 is 0 Å². The third kappa shape index (κ3) is 7.13. The van der Waals surface area contributed by atoms with Gasteiger partial charge in [-0.3, -0.25) is 9.98 Å². The molecule has 2 saturated carbocycles. The van der Waals surface area contributed by atoms with Gasteiger partial charge in [-0.15, -0.1) is 0 Å². The van der Waals surface area contributed by atoms with E-state index in [-0.39, 0.29) is 81.4 Å². The van der Waals surface area contributed by atoms with Crippen molar-refractivity contribution in [1.82, 2.24) is 0 Å². The van der Waals surface area contributed by atoms with Crippen LogP contribution < -0.4 is 0 Å². The number of furan rings is 2. The normalized spacial score (nSPS) is 19.8. The van der Waals surface area contributed by atoms with Crippen LogP contribution in [0.2, 0.25) is 0 Å². The number of phenols is 6. The van der Waals surface area contributed by atoms with Crippen molar-refractivity contribution in [3.63, 3.8) is 0 Å². The van der Waals surface area contributed by atoms with Crippen molar-refractivity contribution in [2.75, 3.05) is 0 Å². The first-order valence-corrected chi connectivity index (χ1v) is 21.4. The molecule has 4 atom stereocenters. The summed E-state index contributed by atoms with van der Waals surface area (Å²) < 4.78 is 11.3. The van der Waals surface area contributed by atoms with Crippen LogP contribution in [0.5, 0.6) is 34.5 Å². The van der Waals surface area contributed by atoms with Crippen molar-refractivity contribution < 1.29 is 39.5 Å². The zero-order valence-electron chi connectivity index (χ0n) is 35.3. The Morgan fingerprint density at radius 1 is 0.583 bits per heavy atom. The molecule has 314 valence electrons. The van der Waals surface area contributed by atoms with Crippen LogP contribution in [0.15, 0.2) is 67.7 Å². The van der Waals surface area contributed by atoms with Gasteiger partial charge in [-0.25, -0.2) is 0 Å². The molecule has 10 nitrogen and oxygen atoms in total. The number of aryl methyl sites for hydroxylation is 2. The van der Waals surface area contributed by atoms with E-state index in [1.807, 2.05) is 77.9 Å². The Morgan fingerprint density at radius 3 is 1.33 bits per heavy atom. The van der Waals surface area contributed by atoms with Gasteiger partial charge in [0.1, 0.15) is 23.0 Å². The second-order valence-corrected chi connectivity index (χ2v) is 17.7. The number of phenolic OH excluding ortho intramolecular Hbond substituents is 6. The number of aliphatic imine (C=N–C) groups is 2. The molecule has 6 aromatic rings. The fourth-order valence-electron chi connectivity index (χ4n) is 10.2. The molecule has 0 saturated heterocycles. The van der Waals surface area contributed by atoms with E-state index in [0.29, 0.717) is 54.9 Å². The maximum Gasteiger partial charge on any atom is 0.167 e. The molecular weight excluding hydrogens is 757 g/mol. The molecule has 0 unspecified atom stereocenters. The van der Waals surface area contributed by atoms with E-state index >= 15 is 0 Å². The summed E-state index contributed by atoms with van der Waals surface area (Å²) in [6, 6.07) is 11.3.